The van der Waals surface area contributed by atoms with Gasteiger partial charge in [-0.15, -0.1) is 0 Å². The predicted octanol–water partition coefficient (Wildman–Crippen LogP) is 0.770. The number of esters is 1. The number of benzene rings is 1. The first kappa shape index (κ1) is 12.7. The minimum Gasteiger partial charge on any atom is -0.465 e. The van der Waals surface area contributed by atoms with Gasteiger partial charge in [0.15, 0.2) is 0 Å². The molecule has 0 saturated carbocycles. The quantitative estimate of drug-likeness (QED) is 0.557. The molecule has 16 heavy (non-hydrogen) atoms. The second kappa shape index (κ2) is 5.68. The fraction of sp³-hybridized carbons (Fsp3) is 0.364. The van der Waals surface area contributed by atoms with Crippen LogP contribution in [0, 0.1) is 6.92 Å². The Morgan fingerprint density at radius 1 is 1.19 bits per heavy atom. The number of methoxy groups -OCH3 is 1. The maximum absolute atomic E-state index is 11.5. The highest BCUT2D eigenvalue weighted by Gasteiger charge is 2.25. The van der Waals surface area contributed by atoms with Crippen molar-refractivity contribution in [1.29, 1.82) is 0 Å². The largest absolute Gasteiger partial charge is 0.494 e. The summed E-state index contributed by atoms with van der Waals surface area (Å²) in [6.45, 7) is 1.94. The Balaban J connectivity index is 3.22. The zero-order chi connectivity index (χ0) is 12.1. The molecule has 5 heteroatoms. The van der Waals surface area contributed by atoms with Crippen LogP contribution in [-0.4, -0.2) is 34.4 Å². The molecule has 0 N–H and O–H groups in total. The highest BCUT2D eigenvalue weighted by Crippen LogP contribution is 2.05. The summed E-state index contributed by atoms with van der Waals surface area (Å²) in [5.41, 5.74) is 2.17. The van der Waals surface area contributed by atoms with Crippen molar-refractivity contribution in [1.82, 2.24) is 0 Å². The standard InChI is InChI=1S/C11H15BO4/c1-8-5-6-9(11(13)14-2)10(7-8)12(15-3)16-4/h5-7H,1-4H3. The minimum atomic E-state index is -0.561. The molecule has 0 radical (unpaired) electrons. The smallest absolute Gasteiger partial charge is 0.465 e. The topological polar surface area (TPSA) is 44.8 Å². The highest BCUT2D eigenvalue weighted by atomic mass is 16.6. The number of carbonyl (C=O) groups excluding carboxylic acids is 1. The van der Waals surface area contributed by atoms with Gasteiger partial charge in [0.2, 0.25) is 0 Å². The number of ether oxygens (including phenoxy) is 1. The van der Waals surface area contributed by atoms with Gasteiger partial charge in [0.1, 0.15) is 0 Å². The van der Waals surface area contributed by atoms with Crippen LogP contribution >= 0.6 is 0 Å². The van der Waals surface area contributed by atoms with E-state index < -0.39 is 13.1 Å². The lowest BCUT2D eigenvalue weighted by Crippen LogP contribution is -2.39. The van der Waals surface area contributed by atoms with Crippen LogP contribution in [0.1, 0.15) is 15.9 Å². The van der Waals surface area contributed by atoms with E-state index in [1.807, 2.05) is 19.1 Å². The lowest BCUT2D eigenvalue weighted by atomic mass is 9.75. The summed E-state index contributed by atoms with van der Waals surface area (Å²) in [5, 5.41) is 0. The van der Waals surface area contributed by atoms with Gasteiger partial charge in [-0.05, 0) is 18.5 Å². The molecule has 1 aromatic rings. The van der Waals surface area contributed by atoms with Crippen LogP contribution in [0.2, 0.25) is 0 Å². The molecule has 0 aliphatic carbocycles. The second-order valence-electron chi connectivity index (χ2n) is 3.39. The summed E-state index contributed by atoms with van der Waals surface area (Å²) in [6, 6.07) is 5.41. The van der Waals surface area contributed by atoms with E-state index in [2.05, 4.69) is 0 Å². The van der Waals surface area contributed by atoms with Gasteiger partial charge < -0.3 is 14.0 Å². The maximum atomic E-state index is 11.5. The fourth-order valence-corrected chi connectivity index (χ4v) is 1.52. The van der Waals surface area contributed by atoms with Crippen molar-refractivity contribution in [2.75, 3.05) is 21.3 Å². The van der Waals surface area contributed by atoms with Crippen molar-refractivity contribution in [3.8, 4) is 0 Å². The molecule has 0 atom stereocenters. The average molecular weight is 222 g/mol. The van der Waals surface area contributed by atoms with E-state index in [1.54, 1.807) is 6.07 Å². The molecule has 0 aromatic heterocycles. The van der Waals surface area contributed by atoms with Crippen molar-refractivity contribution in [2.45, 2.75) is 6.92 Å². The zero-order valence-electron chi connectivity index (χ0n) is 9.94. The molecule has 0 aliphatic rings. The van der Waals surface area contributed by atoms with E-state index >= 15 is 0 Å². The molecule has 0 amide bonds. The number of aryl methyl sites for hydroxylation is 1. The summed E-state index contributed by atoms with van der Waals surface area (Å²) in [6.07, 6.45) is 0. The molecule has 0 fully saturated rings. The van der Waals surface area contributed by atoms with Gasteiger partial charge in [-0.2, -0.15) is 0 Å². The molecule has 1 aromatic carbocycles. The minimum absolute atomic E-state index is 0.394. The molecular formula is C11H15BO4. The van der Waals surface area contributed by atoms with Crippen LogP contribution in [0.4, 0.5) is 0 Å². The summed E-state index contributed by atoms with van der Waals surface area (Å²) in [7, 11) is 3.84. The molecule has 0 heterocycles. The van der Waals surface area contributed by atoms with Gasteiger partial charge in [0.05, 0.1) is 12.7 Å². The van der Waals surface area contributed by atoms with Gasteiger partial charge >= 0.3 is 13.1 Å². The molecule has 0 spiro atoms. The van der Waals surface area contributed by atoms with Crippen LogP contribution in [0.3, 0.4) is 0 Å². The molecule has 0 saturated heterocycles. The van der Waals surface area contributed by atoms with E-state index in [4.69, 9.17) is 14.0 Å². The zero-order valence-corrected chi connectivity index (χ0v) is 9.94. The summed E-state index contributed by atoms with van der Waals surface area (Å²) >= 11 is 0. The molecule has 0 aliphatic heterocycles. The Hall–Kier alpha value is -1.33. The molecular weight excluding hydrogens is 207 g/mol. The first-order valence-corrected chi connectivity index (χ1v) is 4.88. The van der Waals surface area contributed by atoms with E-state index in [9.17, 15) is 4.79 Å². The third-order valence-electron chi connectivity index (χ3n) is 2.29. The van der Waals surface area contributed by atoms with Gasteiger partial charge in [-0.25, -0.2) is 4.79 Å². The monoisotopic (exact) mass is 222 g/mol. The molecule has 86 valence electrons. The lowest BCUT2D eigenvalue weighted by Gasteiger charge is -2.13. The number of rotatable bonds is 4. The van der Waals surface area contributed by atoms with Crippen molar-refractivity contribution < 1.29 is 18.8 Å². The first-order valence-electron chi connectivity index (χ1n) is 4.88. The lowest BCUT2D eigenvalue weighted by molar-refractivity contribution is 0.0601. The van der Waals surface area contributed by atoms with Gasteiger partial charge in [0, 0.05) is 14.2 Å². The summed E-state index contributed by atoms with van der Waals surface area (Å²) < 4.78 is 15.0. The van der Waals surface area contributed by atoms with Crippen LogP contribution in [0.15, 0.2) is 18.2 Å². The van der Waals surface area contributed by atoms with Crippen LogP contribution in [0.25, 0.3) is 0 Å². The Labute approximate surface area is 95.7 Å². The highest BCUT2D eigenvalue weighted by molar-refractivity contribution is 6.62. The predicted molar refractivity (Wildman–Crippen MR) is 61.9 cm³/mol. The van der Waals surface area contributed by atoms with Crippen molar-refractivity contribution in [3.05, 3.63) is 29.3 Å². The third-order valence-corrected chi connectivity index (χ3v) is 2.29. The normalized spacial score (nSPS) is 10.0. The molecule has 0 unspecified atom stereocenters. The maximum Gasteiger partial charge on any atom is 0.494 e. The average Bonchev–Trinajstić information content (AvgIpc) is 2.30. The Morgan fingerprint density at radius 2 is 1.81 bits per heavy atom. The van der Waals surface area contributed by atoms with E-state index in [0.717, 1.165) is 5.56 Å². The third kappa shape index (κ3) is 2.62. The van der Waals surface area contributed by atoms with E-state index in [-0.39, 0.29) is 0 Å². The SMILES string of the molecule is COB(OC)c1cc(C)ccc1C(=O)OC. The van der Waals surface area contributed by atoms with Crippen molar-refractivity contribution >= 4 is 18.6 Å². The van der Waals surface area contributed by atoms with Crippen LogP contribution in [-0.2, 0) is 14.0 Å². The first-order chi connectivity index (χ1) is 7.63. The Morgan fingerprint density at radius 3 is 2.31 bits per heavy atom. The van der Waals surface area contributed by atoms with Crippen LogP contribution in [0.5, 0.6) is 0 Å². The van der Waals surface area contributed by atoms with Gasteiger partial charge in [-0.3, -0.25) is 0 Å². The molecule has 1 rings (SSSR count). The van der Waals surface area contributed by atoms with Crippen LogP contribution < -0.4 is 5.46 Å². The number of carbonyl (C=O) groups is 1. The number of hydrogen-bond donors (Lipinski definition) is 0. The van der Waals surface area contributed by atoms with Gasteiger partial charge in [-0.1, -0.05) is 17.7 Å². The van der Waals surface area contributed by atoms with Crippen molar-refractivity contribution in [2.24, 2.45) is 0 Å². The van der Waals surface area contributed by atoms with Crippen molar-refractivity contribution in [3.63, 3.8) is 0 Å². The fourth-order valence-electron chi connectivity index (χ4n) is 1.52. The van der Waals surface area contributed by atoms with Gasteiger partial charge in [0.25, 0.3) is 0 Å². The Bertz CT molecular complexity index is 374. The molecule has 0 bridgehead atoms. The summed E-state index contributed by atoms with van der Waals surface area (Å²) in [4.78, 5) is 11.5. The van der Waals surface area contributed by atoms with E-state index in [1.165, 1.54) is 21.3 Å². The number of hydrogen-bond acceptors (Lipinski definition) is 4. The molecule has 4 nitrogen and oxygen atoms in total. The summed E-state index contributed by atoms with van der Waals surface area (Å²) in [5.74, 6) is -0.394. The second-order valence-corrected chi connectivity index (χ2v) is 3.39. The Kier molecular flexibility index (Phi) is 4.52. The van der Waals surface area contributed by atoms with E-state index in [0.29, 0.717) is 11.0 Å².